The number of unbranched alkanes of at least 4 members (excludes halogenated alkanes) is 7. The number of amides is 3. The Morgan fingerprint density at radius 1 is 0.717 bits per heavy atom. The van der Waals surface area contributed by atoms with Crippen LogP contribution < -0.4 is 16.0 Å². The summed E-state index contributed by atoms with van der Waals surface area (Å²) in [6.07, 6.45) is 12.3. The van der Waals surface area contributed by atoms with Crippen molar-refractivity contribution < 1.29 is 29.4 Å². The predicted octanol–water partition coefficient (Wildman–Crippen LogP) is 4.21. The van der Waals surface area contributed by atoms with Gasteiger partial charge in [0.2, 0.25) is 17.7 Å². The lowest BCUT2D eigenvalue weighted by Gasteiger charge is -2.25. The first-order chi connectivity index (χ1) is 22.2. The largest absolute Gasteiger partial charge is 0.508 e. The average Bonchev–Trinajstić information content (AvgIpc) is 3.56. The number of hydrogen-bond donors (Lipinski definition) is 6. The minimum absolute atomic E-state index is 0.0232. The minimum Gasteiger partial charge on any atom is -0.508 e. The zero-order valence-electron chi connectivity index (χ0n) is 26.5. The van der Waals surface area contributed by atoms with Gasteiger partial charge in [0, 0.05) is 37.6 Å². The van der Waals surface area contributed by atoms with E-state index in [0.717, 1.165) is 24.8 Å². The molecule has 0 saturated carbocycles. The first-order valence-corrected chi connectivity index (χ1v) is 16.2. The Labute approximate surface area is 270 Å². The van der Waals surface area contributed by atoms with Crippen molar-refractivity contribution >= 4 is 23.7 Å². The molecule has 1 heterocycles. The first-order valence-electron chi connectivity index (χ1n) is 16.2. The van der Waals surface area contributed by atoms with Crippen molar-refractivity contribution in [3.8, 4) is 5.75 Å². The quantitative estimate of drug-likeness (QED) is 0.0953. The van der Waals surface area contributed by atoms with E-state index in [1.165, 1.54) is 44.1 Å². The normalized spacial score (nSPS) is 12.9. The van der Waals surface area contributed by atoms with E-state index in [1.54, 1.807) is 18.3 Å². The highest BCUT2D eigenvalue weighted by Crippen LogP contribution is 2.13. The lowest BCUT2D eigenvalue weighted by atomic mass is 10.0. The molecule has 0 aliphatic heterocycles. The molecule has 2 aromatic carbocycles. The Bertz CT molecular complexity index is 1350. The Morgan fingerprint density at radius 2 is 1.28 bits per heavy atom. The third-order valence-corrected chi connectivity index (χ3v) is 7.79. The van der Waals surface area contributed by atoms with Crippen LogP contribution in [-0.2, 0) is 38.4 Å². The second-order valence-corrected chi connectivity index (χ2v) is 11.6. The highest BCUT2D eigenvalue weighted by molar-refractivity contribution is 5.93. The number of aromatic hydroxyl groups is 1. The van der Waals surface area contributed by atoms with Gasteiger partial charge >= 0.3 is 5.97 Å². The summed E-state index contributed by atoms with van der Waals surface area (Å²) in [5.74, 6) is -2.69. The zero-order chi connectivity index (χ0) is 33.1. The van der Waals surface area contributed by atoms with Crippen molar-refractivity contribution in [2.45, 2.75) is 102 Å². The maximum absolute atomic E-state index is 13.7. The molecule has 11 heteroatoms. The van der Waals surface area contributed by atoms with Crippen LogP contribution in [0.3, 0.4) is 0 Å². The fourth-order valence-electron chi connectivity index (χ4n) is 5.18. The molecule has 3 aromatic rings. The van der Waals surface area contributed by atoms with Crippen molar-refractivity contribution in [2.75, 3.05) is 0 Å². The molecule has 11 nitrogen and oxygen atoms in total. The number of carboxylic acid groups (broad SMARTS) is 1. The Morgan fingerprint density at radius 3 is 1.89 bits per heavy atom. The molecule has 0 radical (unpaired) electrons. The third-order valence-electron chi connectivity index (χ3n) is 7.79. The van der Waals surface area contributed by atoms with E-state index in [4.69, 9.17) is 0 Å². The molecule has 248 valence electrons. The highest BCUT2D eigenvalue weighted by atomic mass is 16.4. The van der Waals surface area contributed by atoms with Gasteiger partial charge in [-0.15, -0.1) is 0 Å². The van der Waals surface area contributed by atoms with E-state index < -0.39 is 35.9 Å². The molecule has 1 aromatic heterocycles. The number of carbonyl (C=O) groups is 4. The summed E-state index contributed by atoms with van der Waals surface area (Å²) in [6.45, 7) is 2.19. The first kappa shape index (κ1) is 35.8. The summed E-state index contributed by atoms with van der Waals surface area (Å²) in [5, 5.41) is 27.6. The van der Waals surface area contributed by atoms with Crippen LogP contribution in [-0.4, -0.2) is 62.0 Å². The maximum Gasteiger partial charge on any atom is 0.326 e. The van der Waals surface area contributed by atoms with Crippen LogP contribution in [0.4, 0.5) is 0 Å². The molecule has 0 bridgehead atoms. The van der Waals surface area contributed by atoms with Gasteiger partial charge in [-0.05, 0) is 29.7 Å². The van der Waals surface area contributed by atoms with Gasteiger partial charge in [0.1, 0.15) is 23.9 Å². The van der Waals surface area contributed by atoms with Gasteiger partial charge in [0.25, 0.3) is 0 Å². The molecular weight excluding hydrogens is 586 g/mol. The standard InChI is InChI=1S/C35H47N5O6/c1-2-3-4-5-6-7-8-12-15-32(42)38-30(22-27-23-36-24-37-27)34(44)39-29(20-25-13-10-9-11-14-25)33(43)40-31(35(45)46)21-26-16-18-28(41)19-17-26/h9-11,13-14,16-19,23-24,29-31,41H,2-8,12,15,20-22H2,1H3,(H,36,37)(H,38,42)(H,39,44)(H,40,43)(H,45,46)/t29-,30-,31-/m0/s1. The second kappa shape index (κ2) is 19.7. The zero-order valence-corrected chi connectivity index (χ0v) is 26.5. The number of H-pyrrole nitrogens is 1. The molecule has 3 atom stereocenters. The Kier molecular flexibility index (Phi) is 15.3. The second-order valence-electron chi connectivity index (χ2n) is 11.6. The number of aliphatic carboxylic acids is 1. The molecule has 3 amide bonds. The number of hydrogen-bond acceptors (Lipinski definition) is 6. The topological polar surface area (TPSA) is 174 Å². The number of rotatable bonds is 21. The average molecular weight is 634 g/mol. The SMILES string of the molecule is CCCCCCCCCCC(=O)N[C@@H](Cc1cnc[nH]1)C(=O)N[C@@H](Cc1ccccc1)C(=O)N[C@@H](Cc1ccc(O)cc1)C(=O)O. The lowest BCUT2D eigenvalue weighted by Crippen LogP contribution is -2.57. The Hall–Kier alpha value is -4.67. The number of nitrogens with zero attached hydrogens (tertiary/aromatic N) is 1. The van der Waals surface area contributed by atoms with Crippen LogP contribution in [0.15, 0.2) is 67.1 Å². The summed E-state index contributed by atoms with van der Waals surface area (Å²) in [5.41, 5.74) is 2.00. The van der Waals surface area contributed by atoms with Crippen LogP contribution in [0.1, 0.15) is 81.5 Å². The van der Waals surface area contributed by atoms with Crippen LogP contribution in [0.2, 0.25) is 0 Å². The number of carboxylic acids is 1. The number of phenolic OH excluding ortho intramolecular Hbond substituents is 1. The van der Waals surface area contributed by atoms with E-state index in [9.17, 15) is 29.4 Å². The van der Waals surface area contributed by atoms with E-state index >= 15 is 0 Å². The molecule has 3 rings (SSSR count). The molecule has 0 fully saturated rings. The van der Waals surface area contributed by atoms with Crippen LogP contribution >= 0.6 is 0 Å². The van der Waals surface area contributed by atoms with Gasteiger partial charge < -0.3 is 31.1 Å². The predicted molar refractivity (Wildman–Crippen MR) is 175 cm³/mol. The van der Waals surface area contributed by atoms with Crippen molar-refractivity contribution in [3.63, 3.8) is 0 Å². The molecule has 0 aliphatic carbocycles. The van der Waals surface area contributed by atoms with Crippen molar-refractivity contribution in [3.05, 3.63) is 83.9 Å². The van der Waals surface area contributed by atoms with Crippen molar-refractivity contribution in [2.24, 2.45) is 0 Å². The van der Waals surface area contributed by atoms with Gasteiger partial charge in [0.15, 0.2) is 0 Å². The Balaban J connectivity index is 1.68. The number of imidazole rings is 1. The number of aromatic nitrogens is 2. The van der Waals surface area contributed by atoms with Crippen molar-refractivity contribution in [1.29, 1.82) is 0 Å². The molecule has 0 unspecified atom stereocenters. The van der Waals surface area contributed by atoms with Gasteiger partial charge in [-0.25, -0.2) is 9.78 Å². The molecule has 46 heavy (non-hydrogen) atoms. The maximum atomic E-state index is 13.7. The van der Waals surface area contributed by atoms with Crippen LogP contribution in [0.25, 0.3) is 0 Å². The molecule has 0 aliphatic rings. The fraction of sp³-hybridized carbons (Fsp3) is 0.457. The summed E-state index contributed by atoms with van der Waals surface area (Å²) >= 11 is 0. The number of nitrogens with one attached hydrogen (secondary N) is 4. The molecule has 0 saturated heterocycles. The summed E-state index contributed by atoms with van der Waals surface area (Å²) in [7, 11) is 0. The third kappa shape index (κ3) is 13.1. The number of carbonyl (C=O) groups excluding carboxylic acids is 3. The van der Waals surface area contributed by atoms with Gasteiger partial charge in [-0.3, -0.25) is 14.4 Å². The summed E-state index contributed by atoms with van der Waals surface area (Å²) in [6, 6.07) is 11.7. The van der Waals surface area contributed by atoms with E-state index in [0.29, 0.717) is 17.7 Å². The van der Waals surface area contributed by atoms with Gasteiger partial charge in [0.05, 0.1) is 6.33 Å². The van der Waals surface area contributed by atoms with Crippen LogP contribution in [0, 0.1) is 0 Å². The highest BCUT2D eigenvalue weighted by Gasteiger charge is 2.30. The van der Waals surface area contributed by atoms with E-state index in [2.05, 4.69) is 32.8 Å². The summed E-state index contributed by atoms with van der Waals surface area (Å²) in [4.78, 5) is 59.2. The van der Waals surface area contributed by atoms with Crippen LogP contribution in [0.5, 0.6) is 5.75 Å². The smallest absolute Gasteiger partial charge is 0.326 e. The van der Waals surface area contributed by atoms with E-state index in [-0.39, 0.29) is 37.3 Å². The number of aromatic amines is 1. The monoisotopic (exact) mass is 633 g/mol. The number of benzene rings is 2. The summed E-state index contributed by atoms with van der Waals surface area (Å²) < 4.78 is 0. The lowest BCUT2D eigenvalue weighted by molar-refractivity contribution is -0.142. The molecule has 6 N–H and O–H groups in total. The van der Waals surface area contributed by atoms with E-state index in [1.807, 2.05) is 30.3 Å². The minimum atomic E-state index is -1.28. The molecule has 0 spiro atoms. The number of phenols is 1. The van der Waals surface area contributed by atoms with Gasteiger partial charge in [-0.1, -0.05) is 94.3 Å². The molecular formula is C35H47N5O6. The van der Waals surface area contributed by atoms with Crippen molar-refractivity contribution in [1.82, 2.24) is 25.9 Å². The van der Waals surface area contributed by atoms with Gasteiger partial charge in [-0.2, -0.15) is 0 Å². The fourth-order valence-corrected chi connectivity index (χ4v) is 5.18.